The zero-order valence-electron chi connectivity index (χ0n) is 5.77. The molecule has 64 valence electrons. The van der Waals surface area contributed by atoms with Gasteiger partial charge in [0.05, 0.1) is 10.6 Å². The number of amides is 1. The normalized spacial score (nSPS) is 9.92. The summed E-state index contributed by atoms with van der Waals surface area (Å²) in [4.78, 5) is 10.8. The Labute approximate surface area is 87.8 Å². The monoisotopic (exact) mass is 267 g/mol. The largest absolute Gasteiger partial charge is 0.366 e. The third kappa shape index (κ3) is 1.91. The van der Waals surface area contributed by atoms with Gasteiger partial charge in [0.15, 0.2) is 0 Å². The van der Waals surface area contributed by atoms with Crippen LogP contribution >= 0.6 is 39.1 Å². The molecule has 0 spiro atoms. The van der Waals surface area contributed by atoms with Gasteiger partial charge in [0, 0.05) is 9.50 Å². The van der Waals surface area contributed by atoms with Gasteiger partial charge >= 0.3 is 0 Å². The van der Waals surface area contributed by atoms with Crippen molar-refractivity contribution in [2.45, 2.75) is 0 Å². The average molecular weight is 269 g/mol. The van der Waals surface area contributed by atoms with Gasteiger partial charge in [-0.3, -0.25) is 4.79 Å². The van der Waals surface area contributed by atoms with Gasteiger partial charge in [0.25, 0.3) is 5.91 Å². The molecule has 0 aliphatic carbocycles. The van der Waals surface area contributed by atoms with Gasteiger partial charge < -0.3 is 5.73 Å². The topological polar surface area (TPSA) is 43.1 Å². The molecule has 0 heterocycles. The maximum absolute atomic E-state index is 10.8. The number of rotatable bonds is 1. The second-order valence-electron chi connectivity index (χ2n) is 2.11. The van der Waals surface area contributed by atoms with Crippen LogP contribution in [0.15, 0.2) is 16.6 Å². The number of carbonyl (C=O) groups excluding carboxylic acids is 1. The summed E-state index contributed by atoms with van der Waals surface area (Å²) in [5.41, 5.74) is 5.32. The Bertz CT molecular complexity index is 317. The van der Waals surface area contributed by atoms with Crippen molar-refractivity contribution in [1.82, 2.24) is 0 Å². The minimum absolute atomic E-state index is 0.251. The van der Waals surface area contributed by atoms with Crippen molar-refractivity contribution < 1.29 is 4.79 Å². The van der Waals surface area contributed by atoms with Gasteiger partial charge in [0.2, 0.25) is 0 Å². The Balaban J connectivity index is 3.38. The predicted octanol–water partition coefficient (Wildman–Crippen LogP) is 2.85. The van der Waals surface area contributed by atoms with Crippen LogP contribution in [0, 0.1) is 0 Å². The summed E-state index contributed by atoms with van der Waals surface area (Å²) in [5.74, 6) is -0.580. The van der Waals surface area contributed by atoms with Crippen molar-refractivity contribution in [3.8, 4) is 0 Å². The van der Waals surface area contributed by atoms with Crippen LogP contribution in [0.1, 0.15) is 10.4 Å². The number of hydrogen-bond acceptors (Lipinski definition) is 1. The van der Waals surface area contributed by atoms with Crippen LogP contribution in [-0.2, 0) is 0 Å². The molecule has 0 aliphatic heterocycles. The highest BCUT2D eigenvalue weighted by atomic mass is 79.9. The summed E-state index contributed by atoms with van der Waals surface area (Å²) < 4.78 is 0.507. The average Bonchev–Trinajstić information content (AvgIpc) is 1.82. The molecular weight excluding hydrogens is 265 g/mol. The lowest BCUT2D eigenvalue weighted by Crippen LogP contribution is -2.12. The van der Waals surface area contributed by atoms with Crippen molar-refractivity contribution in [3.63, 3.8) is 0 Å². The third-order valence-electron chi connectivity index (χ3n) is 1.25. The van der Waals surface area contributed by atoms with E-state index in [4.69, 9.17) is 28.9 Å². The predicted molar refractivity (Wildman–Crippen MR) is 52.7 cm³/mol. The van der Waals surface area contributed by atoms with Gasteiger partial charge in [-0.15, -0.1) is 0 Å². The number of halogens is 3. The quantitative estimate of drug-likeness (QED) is 0.836. The summed E-state index contributed by atoms with van der Waals surface area (Å²) in [6, 6.07) is 3.03. The molecule has 0 aromatic heterocycles. The zero-order valence-corrected chi connectivity index (χ0v) is 8.87. The maximum Gasteiger partial charge on any atom is 0.251 e. The Hall–Kier alpha value is -0.250. The fraction of sp³-hybridized carbons (Fsp3) is 0. The van der Waals surface area contributed by atoms with Gasteiger partial charge in [-0.05, 0) is 28.1 Å². The summed E-state index contributed by atoms with van der Waals surface area (Å²) in [6.07, 6.45) is 0. The van der Waals surface area contributed by atoms with Crippen LogP contribution in [0.25, 0.3) is 0 Å². The second-order valence-corrected chi connectivity index (χ2v) is 3.81. The molecule has 0 radical (unpaired) electrons. The molecule has 1 aromatic rings. The maximum atomic E-state index is 10.8. The molecule has 0 aliphatic rings. The minimum Gasteiger partial charge on any atom is -0.366 e. The van der Waals surface area contributed by atoms with Gasteiger partial charge in [0.1, 0.15) is 0 Å². The Morgan fingerprint density at radius 2 is 2.00 bits per heavy atom. The van der Waals surface area contributed by atoms with Crippen molar-refractivity contribution in [1.29, 1.82) is 0 Å². The van der Waals surface area contributed by atoms with Gasteiger partial charge in [-0.2, -0.15) is 0 Å². The highest BCUT2D eigenvalue weighted by Crippen LogP contribution is 2.28. The molecule has 0 bridgehead atoms. The van der Waals surface area contributed by atoms with Gasteiger partial charge in [-0.1, -0.05) is 23.2 Å². The highest BCUT2D eigenvalue weighted by Gasteiger charge is 2.11. The molecule has 12 heavy (non-hydrogen) atoms. The first-order chi connectivity index (χ1) is 5.52. The second kappa shape index (κ2) is 3.64. The fourth-order valence-electron chi connectivity index (χ4n) is 0.778. The lowest BCUT2D eigenvalue weighted by Gasteiger charge is -2.02. The Morgan fingerprint density at radius 1 is 1.42 bits per heavy atom. The molecule has 0 fully saturated rings. The van der Waals surface area contributed by atoms with Crippen LogP contribution in [0.3, 0.4) is 0 Å². The van der Waals surface area contributed by atoms with Gasteiger partial charge in [-0.25, -0.2) is 0 Å². The van der Waals surface area contributed by atoms with E-state index >= 15 is 0 Å². The number of benzene rings is 1. The third-order valence-corrected chi connectivity index (χ3v) is 2.40. The number of hydrogen-bond donors (Lipinski definition) is 1. The molecule has 0 saturated heterocycles. The van der Waals surface area contributed by atoms with E-state index in [2.05, 4.69) is 15.9 Å². The van der Waals surface area contributed by atoms with Crippen LogP contribution < -0.4 is 5.73 Å². The minimum atomic E-state index is -0.580. The summed E-state index contributed by atoms with van der Waals surface area (Å²) in [5, 5.41) is 0.707. The first-order valence-corrected chi connectivity index (χ1v) is 4.51. The smallest absolute Gasteiger partial charge is 0.251 e. The van der Waals surface area contributed by atoms with E-state index in [0.29, 0.717) is 9.50 Å². The van der Waals surface area contributed by atoms with E-state index in [0.717, 1.165) is 0 Å². The molecule has 1 rings (SSSR count). The standard InChI is InChI=1S/C7H4BrCl2NO/c8-4-1-3(9)2-5(10)6(4)7(11)12/h1-2H,(H2,11,12). The molecule has 0 saturated carbocycles. The number of carbonyl (C=O) groups is 1. The van der Waals surface area contributed by atoms with E-state index in [1.165, 1.54) is 6.07 Å². The highest BCUT2D eigenvalue weighted by molar-refractivity contribution is 9.10. The molecule has 2 N–H and O–H groups in total. The van der Waals surface area contributed by atoms with E-state index in [-0.39, 0.29) is 10.6 Å². The molecule has 0 unspecified atom stereocenters. The van der Waals surface area contributed by atoms with Crippen molar-refractivity contribution in [3.05, 3.63) is 32.2 Å². The first kappa shape index (κ1) is 9.84. The SMILES string of the molecule is NC(=O)c1c(Cl)cc(Cl)cc1Br. The summed E-state index contributed by atoms with van der Waals surface area (Å²) in [7, 11) is 0. The van der Waals surface area contributed by atoms with Crippen molar-refractivity contribution in [2.75, 3.05) is 0 Å². The molecule has 5 heteroatoms. The van der Waals surface area contributed by atoms with E-state index in [1.54, 1.807) is 6.07 Å². The fourth-order valence-corrected chi connectivity index (χ4v) is 2.27. The Kier molecular flexibility index (Phi) is 2.99. The van der Waals surface area contributed by atoms with Crippen LogP contribution in [0.4, 0.5) is 0 Å². The van der Waals surface area contributed by atoms with E-state index in [9.17, 15) is 4.79 Å². The van der Waals surface area contributed by atoms with Crippen LogP contribution in [0.2, 0.25) is 10.0 Å². The summed E-state index contributed by atoms with van der Waals surface area (Å²) >= 11 is 14.5. The lowest BCUT2D eigenvalue weighted by atomic mass is 10.2. The van der Waals surface area contributed by atoms with Crippen molar-refractivity contribution in [2.24, 2.45) is 5.73 Å². The van der Waals surface area contributed by atoms with Crippen LogP contribution in [-0.4, -0.2) is 5.91 Å². The van der Waals surface area contributed by atoms with Crippen molar-refractivity contribution >= 4 is 45.0 Å². The first-order valence-electron chi connectivity index (χ1n) is 2.96. The molecule has 0 atom stereocenters. The Morgan fingerprint density at radius 3 is 2.42 bits per heavy atom. The lowest BCUT2D eigenvalue weighted by molar-refractivity contribution is 0.1000. The summed E-state index contributed by atoms with van der Waals surface area (Å²) in [6.45, 7) is 0. The molecule has 1 aromatic carbocycles. The molecule has 2 nitrogen and oxygen atoms in total. The van der Waals surface area contributed by atoms with E-state index < -0.39 is 5.91 Å². The van der Waals surface area contributed by atoms with Crippen LogP contribution in [0.5, 0.6) is 0 Å². The molecular formula is C7H4BrCl2NO. The zero-order chi connectivity index (χ0) is 9.30. The van der Waals surface area contributed by atoms with E-state index in [1.807, 2.05) is 0 Å². The number of primary amides is 1. The number of nitrogens with two attached hydrogens (primary N) is 1. The molecule has 1 amide bonds.